The summed E-state index contributed by atoms with van der Waals surface area (Å²) in [6.07, 6.45) is 0.550. The van der Waals surface area contributed by atoms with Crippen molar-refractivity contribution in [2.24, 2.45) is 9.98 Å². The first-order valence-electron chi connectivity index (χ1n) is 10.6. The molecule has 0 saturated carbocycles. The van der Waals surface area contributed by atoms with Gasteiger partial charge in [-0.25, -0.2) is 4.99 Å². The van der Waals surface area contributed by atoms with E-state index in [0.29, 0.717) is 13.0 Å². The Balaban J connectivity index is 1.44. The lowest BCUT2D eigenvalue weighted by Crippen LogP contribution is -2.25. The highest BCUT2D eigenvalue weighted by Gasteiger charge is 2.16. The highest BCUT2D eigenvalue weighted by Crippen LogP contribution is 2.33. The van der Waals surface area contributed by atoms with Gasteiger partial charge in [-0.15, -0.1) is 11.8 Å². The number of rotatable bonds is 7. The second kappa shape index (κ2) is 10.8. The van der Waals surface area contributed by atoms with Crippen LogP contribution in [-0.4, -0.2) is 36.6 Å². The number of hydrogen-bond acceptors (Lipinski definition) is 6. The third kappa shape index (κ3) is 6.02. The van der Waals surface area contributed by atoms with Gasteiger partial charge in [-0.05, 0) is 59.7 Å². The van der Waals surface area contributed by atoms with Gasteiger partial charge in [-0.2, -0.15) is 0 Å². The maximum absolute atomic E-state index is 12.5. The molecule has 168 valence electrons. The summed E-state index contributed by atoms with van der Waals surface area (Å²) in [7, 11) is 3.28. The van der Waals surface area contributed by atoms with Crippen molar-refractivity contribution in [1.82, 2.24) is 5.32 Å². The minimum atomic E-state index is -0.0500. The van der Waals surface area contributed by atoms with Gasteiger partial charge in [0.1, 0.15) is 11.5 Å². The van der Waals surface area contributed by atoms with Crippen molar-refractivity contribution < 1.29 is 14.3 Å². The molecule has 33 heavy (non-hydrogen) atoms. The monoisotopic (exact) mass is 459 g/mol. The molecule has 0 aromatic heterocycles. The fourth-order valence-electron chi connectivity index (χ4n) is 3.37. The van der Waals surface area contributed by atoms with Crippen molar-refractivity contribution in [3.05, 3.63) is 83.9 Å². The molecule has 0 saturated heterocycles. The van der Waals surface area contributed by atoms with Crippen LogP contribution in [0.1, 0.15) is 17.5 Å². The number of ether oxygens (including phenoxy) is 2. The molecule has 6 nitrogen and oxygen atoms in total. The number of benzene rings is 3. The summed E-state index contributed by atoms with van der Waals surface area (Å²) in [6.45, 7) is 0.449. The Labute approximate surface area is 197 Å². The number of nitrogens with one attached hydrogen (secondary N) is 1. The van der Waals surface area contributed by atoms with E-state index in [2.05, 4.69) is 5.32 Å². The lowest BCUT2D eigenvalue weighted by molar-refractivity contribution is -0.118. The predicted molar refractivity (Wildman–Crippen MR) is 135 cm³/mol. The maximum atomic E-state index is 12.5. The first-order chi connectivity index (χ1) is 16.1. The first kappa shape index (κ1) is 22.6. The molecule has 0 bridgehead atoms. The van der Waals surface area contributed by atoms with Gasteiger partial charge in [0.2, 0.25) is 5.91 Å². The molecule has 0 fully saturated rings. The number of fused-ring (bicyclic) bond motifs is 1. The van der Waals surface area contributed by atoms with Crippen molar-refractivity contribution >= 4 is 39.8 Å². The largest absolute Gasteiger partial charge is 0.497 e. The number of carbonyl (C=O) groups is 1. The van der Waals surface area contributed by atoms with Crippen LogP contribution in [0.5, 0.6) is 11.5 Å². The van der Waals surface area contributed by atoms with Crippen molar-refractivity contribution in [3.8, 4) is 11.5 Å². The van der Waals surface area contributed by atoms with Crippen molar-refractivity contribution in [2.75, 3.05) is 20.0 Å². The summed E-state index contributed by atoms with van der Waals surface area (Å²) in [5, 5.41) is 3.82. The third-order valence-electron chi connectivity index (χ3n) is 5.12. The Kier molecular flexibility index (Phi) is 7.42. The zero-order valence-corrected chi connectivity index (χ0v) is 19.4. The average molecular weight is 460 g/mol. The number of hydrogen-bond donors (Lipinski definition) is 1. The van der Waals surface area contributed by atoms with E-state index in [4.69, 9.17) is 19.5 Å². The molecule has 3 aromatic rings. The molecular formula is C26H25N3O3S. The molecular weight excluding hydrogens is 434 g/mol. The molecule has 3 aromatic carbocycles. The fourth-order valence-corrected chi connectivity index (χ4v) is 4.17. The zero-order chi connectivity index (χ0) is 23.0. The number of para-hydroxylation sites is 2. The molecule has 0 atom stereocenters. The van der Waals surface area contributed by atoms with E-state index in [1.807, 2.05) is 72.8 Å². The average Bonchev–Trinajstić information content (AvgIpc) is 3.05. The molecule has 0 spiro atoms. The van der Waals surface area contributed by atoms with E-state index < -0.39 is 0 Å². The van der Waals surface area contributed by atoms with Crippen molar-refractivity contribution in [2.45, 2.75) is 13.0 Å². The molecule has 0 unspecified atom stereocenters. The van der Waals surface area contributed by atoms with Crippen LogP contribution in [0.3, 0.4) is 0 Å². The van der Waals surface area contributed by atoms with Crippen molar-refractivity contribution in [1.29, 1.82) is 0 Å². The van der Waals surface area contributed by atoms with Gasteiger partial charge in [-0.1, -0.05) is 24.3 Å². The minimum absolute atomic E-state index is 0.0500. The summed E-state index contributed by atoms with van der Waals surface area (Å²) in [5.41, 5.74) is 4.53. The van der Waals surface area contributed by atoms with Crippen LogP contribution in [0.25, 0.3) is 0 Å². The molecule has 4 rings (SSSR count). The van der Waals surface area contributed by atoms with E-state index in [1.165, 1.54) is 11.8 Å². The lowest BCUT2D eigenvalue weighted by Gasteiger charge is -2.09. The van der Waals surface area contributed by atoms with E-state index >= 15 is 0 Å². The zero-order valence-electron chi connectivity index (χ0n) is 18.6. The summed E-state index contributed by atoms with van der Waals surface area (Å²) < 4.78 is 10.5. The van der Waals surface area contributed by atoms with Crippen LogP contribution in [0.2, 0.25) is 0 Å². The summed E-state index contributed by atoms with van der Waals surface area (Å²) in [6, 6.07) is 23.3. The Morgan fingerprint density at radius 1 is 0.909 bits per heavy atom. The number of carbonyl (C=O) groups excluding carboxylic acids is 1. The van der Waals surface area contributed by atoms with Gasteiger partial charge in [0.05, 0.1) is 42.1 Å². The first-order valence-corrected chi connectivity index (χ1v) is 11.5. The summed E-state index contributed by atoms with van der Waals surface area (Å²) in [5.74, 6) is 1.80. The standard InChI is InChI=1S/C26H25N3O3S/c1-31-20-12-10-19(11-13-20)24-15-26(29-23-9-4-3-8-22(23)28-24)33-17-25(30)27-16-18-6-5-7-21(14-18)32-2/h3-14H,15-17H2,1-2H3,(H,27,30). The molecule has 0 aliphatic carbocycles. The topological polar surface area (TPSA) is 72.3 Å². The number of amides is 1. The molecule has 1 N–H and O–H groups in total. The fraction of sp³-hybridized carbons (Fsp3) is 0.192. The second-order valence-electron chi connectivity index (χ2n) is 7.37. The molecule has 1 aliphatic heterocycles. The molecule has 0 radical (unpaired) electrons. The van der Waals surface area contributed by atoms with E-state index in [9.17, 15) is 4.79 Å². The molecule has 1 amide bonds. The van der Waals surface area contributed by atoms with Gasteiger partial charge < -0.3 is 14.8 Å². The Morgan fingerprint density at radius 3 is 2.36 bits per heavy atom. The second-order valence-corrected chi connectivity index (χ2v) is 8.42. The predicted octanol–water partition coefficient (Wildman–Crippen LogP) is 5.31. The number of methoxy groups -OCH3 is 2. The normalized spacial score (nSPS) is 12.7. The summed E-state index contributed by atoms with van der Waals surface area (Å²) >= 11 is 1.44. The van der Waals surface area contributed by atoms with Gasteiger partial charge in [0.15, 0.2) is 0 Å². The van der Waals surface area contributed by atoms with Gasteiger partial charge in [0, 0.05) is 13.0 Å². The van der Waals surface area contributed by atoms with Crippen LogP contribution >= 0.6 is 11.8 Å². The van der Waals surface area contributed by atoms with E-state index in [0.717, 1.165) is 44.8 Å². The highest BCUT2D eigenvalue weighted by molar-refractivity contribution is 8.14. The number of nitrogens with zero attached hydrogens (tertiary/aromatic N) is 2. The van der Waals surface area contributed by atoms with E-state index in [1.54, 1.807) is 14.2 Å². The Bertz CT molecular complexity index is 1190. The Hall–Kier alpha value is -3.58. The number of thioether (sulfide) groups is 1. The van der Waals surface area contributed by atoms with Gasteiger partial charge in [0.25, 0.3) is 0 Å². The maximum Gasteiger partial charge on any atom is 0.230 e. The minimum Gasteiger partial charge on any atom is -0.497 e. The van der Waals surface area contributed by atoms with Crippen LogP contribution in [0.15, 0.2) is 82.8 Å². The van der Waals surface area contributed by atoms with Crippen LogP contribution in [0.4, 0.5) is 11.4 Å². The highest BCUT2D eigenvalue weighted by atomic mass is 32.2. The van der Waals surface area contributed by atoms with Crippen molar-refractivity contribution in [3.63, 3.8) is 0 Å². The molecule has 1 heterocycles. The van der Waals surface area contributed by atoms with E-state index in [-0.39, 0.29) is 11.7 Å². The van der Waals surface area contributed by atoms with Gasteiger partial charge >= 0.3 is 0 Å². The van der Waals surface area contributed by atoms with Crippen LogP contribution in [0, 0.1) is 0 Å². The Morgan fingerprint density at radius 2 is 1.64 bits per heavy atom. The third-order valence-corrected chi connectivity index (χ3v) is 6.09. The molecule has 1 aliphatic rings. The van der Waals surface area contributed by atoms with Gasteiger partial charge in [-0.3, -0.25) is 9.79 Å². The number of aliphatic imine (C=N–C) groups is 2. The molecule has 7 heteroatoms. The van der Waals surface area contributed by atoms with Crippen LogP contribution < -0.4 is 14.8 Å². The SMILES string of the molecule is COc1ccc(C2=Nc3ccccc3N=C(SCC(=O)NCc3cccc(OC)c3)C2)cc1. The summed E-state index contributed by atoms with van der Waals surface area (Å²) in [4.78, 5) is 22.2. The quantitative estimate of drug-likeness (QED) is 0.520. The van der Waals surface area contributed by atoms with Crippen LogP contribution in [-0.2, 0) is 11.3 Å². The lowest BCUT2D eigenvalue weighted by atomic mass is 10.1. The smallest absolute Gasteiger partial charge is 0.230 e.